The van der Waals surface area contributed by atoms with Crippen molar-refractivity contribution in [2.45, 2.75) is 69.7 Å². The van der Waals surface area contributed by atoms with E-state index < -0.39 is 0 Å². The molecule has 0 spiro atoms. The third kappa shape index (κ3) is 2.77. The molecule has 2 heterocycles. The van der Waals surface area contributed by atoms with Gasteiger partial charge in [0.1, 0.15) is 0 Å². The first-order valence-corrected chi connectivity index (χ1v) is 7.72. The quantitative estimate of drug-likeness (QED) is 0.837. The van der Waals surface area contributed by atoms with Crippen molar-refractivity contribution in [3.05, 3.63) is 17.5 Å². The summed E-state index contributed by atoms with van der Waals surface area (Å²) >= 11 is 0. The Morgan fingerprint density at radius 2 is 1.72 bits per heavy atom. The summed E-state index contributed by atoms with van der Waals surface area (Å²) in [5, 5.41) is 11.4. The topological polar surface area (TPSA) is 40.7 Å². The Balaban J connectivity index is 1.66. The minimum atomic E-state index is 0.528. The van der Waals surface area contributed by atoms with Gasteiger partial charge in [-0.1, -0.05) is 32.1 Å². The summed E-state index contributed by atoms with van der Waals surface area (Å²) < 4.78 is 0. The number of aromatic amines is 1. The minimum Gasteiger partial charge on any atom is -0.309 e. The van der Waals surface area contributed by atoms with Crippen molar-refractivity contribution >= 4 is 0 Å². The van der Waals surface area contributed by atoms with Crippen molar-refractivity contribution in [2.75, 3.05) is 6.54 Å². The fourth-order valence-electron chi connectivity index (χ4n) is 3.44. The van der Waals surface area contributed by atoms with Gasteiger partial charge < -0.3 is 5.32 Å². The molecule has 1 saturated carbocycles. The van der Waals surface area contributed by atoms with Gasteiger partial charge in [0.25, 0.3) is 0 Å². The fourth-order valence-corrected chi connectivity index (χ4v) is 3.44. The van der Waals surface area contributed by atoms with Crippen molar-refractivity contribution in [3.8, 4) is 0 Å². The van der Waals surface area contributed by atoms with E-state index >= 15 is 0 Å². The molecule has 2 N–H and O–H groups in total. The van der Waals surface area contributed by atoms with Gasteiger partial charge in [-0.2, -0.15) is 5.10 Å². The van der Waals surface area contributed by atoms with Gasteiger partial charge in [0, 0.05) is 12.0 Å². The molecule has 3 nitrogen and oxygen atoms in total. The van der Waals surface area contributed by atoms with Crippen LogP contribution in [0.4, 0.5) is 0 Å². The minimum absolute atomic E-state index is 0.528. The molecular formula is C15H25N3. The average Bonchev–Trinajstić information content (AvgIpc) is 2.98. The third-order valence-corrected chi connectivity index (χ3v) is 4.58. The zero-order valence-electron chi connectivity index (χ0n) is 11.3. The second-order valence-electron chi connectivity index (χ2n) is 5.94. The Kier molecular flexibility index (Phi) is 3.99. The van der Waals surface area contributed by atoms with Crippen molar-refractivity contribution in [3.63, 3.8) is 0 Å². The molecule has 2 fully saturated rings. The molecule has 3 heteroatoms. The monoisotopic (exact) mass is 247 g/mol. The summed E-state index contributed by atoms with van der Waals surface area (Å²) in [6.45, 7) is 1.16. The molecule has 0 bridgehead atoms. The standard InChI is InChI=1S/C15H25N3/c1-2-4-7-12(8-5-3-1)14-11-15(18-17-14)13-9-6-10-16-13/h11-13,16H,1-10H2,(H,17,18). The molecule has 1 unspecified atom stereocenters. The van der Waals surface area contributed by atoms with E-state index in [0.29, 0.717) is 12.0 Å². The predicted octanol–water partition coefficient (Wildman–Crippen LogP) is 3.66. The van der Waals surface area contributed by atoms with Gasteiger partial charge in [-0.05, 0) is 38.3 Å². The van der Waals surface area contributed by atoms with E-state index in [1.54, 1.807) is 0 Å². The molecule has 1 aromatic rings. The van der Waals surface area contributed by atoms with Gasteiger partial charge in [-0.15, -0.1) is 0 Å². The van der Waals surface area contributed by atoms with Gasteiger partial charge >= 0.3 is 0 Å². The lowest BCUT2D eigenvalue weighted by molar-refractivity contribution is 0.449. The first-order chi connectivity index (χ1) is 8.93. The van der Waals surface area contributed by atoms with Crippen LogP contribution in [0, 0.1) is 0 Å². The highest BCUT2D eigenvalue weighted by Gasteiger charge is 2.21. The summed E-state index contributed by atoms with van der Waals surface area (Å²) in [5.74, 6) is 0.705. The normalized spacial score (nSPS) is 27.0. The van der Waals surface area contributed by atoms with Crippen molar-refractivity contribution in [1.29, 1.82) is 0 Å². The van der Waals surface area contributed by atoms with E-state index in [0.717, 1.165) is 6.54 Å². The number of hydrogen-bond acceptors (Lipinski definition) is 2. The molecule has 0 amide bonds. The molecule has 3 rings (SSSR count). The van der Waals surface area contributed by atoms with Gasteiger partial charge in [-0.25, -0.2) is 0 Å². The Morgan fingerprint density at radius 3 is 2.44 bits per heavy atom. The summed E-state index contributed by atoms with van der Waals surface area (Å²) in [7, 11) is 0. The lowest BCUT2D eigenvalue weighted by Gasteiger charge is -2.17. The van der Waals surface area contributed by atoms with Crippen LogP contribution in [0.3, 0.4) is 0 Å². The van der Waals surface area contributed by atoms with E-state index in [9.17, 15) is 0 Å². The van der Waals surface area contributed by atoms with Gasteiger partial charge in [0.15, 0.2) is 0 Å². The molecular weight excluding hydrogens is 222 g/mol. The maximum atomic E-state index is 4.59. The van der Waals surface area contributed by atoms with Crippen LogP contribution in [-0.4, -0.2) is 16.7 Å². The Morgan fingerprint density at radius 1 is 0.944 bits per heavy atom. The SMILES string of the molecule is c1c(C2CCCCCCC2)n[nH]c1C1CCCN1. The van der Waals surface area contributed by atoms with Crippen LogP contribution < -0.4 is 5.32 Å². The number of rotatable bonds is 2. The number of nitrogens with zero attached hydrogens (tertiary/aromatic N) is 1. The highest BCUT2D eigenvalue weighted by atomic mass is 15.1. The lowest BCUT2D eigenvalue weighted by atomic mass is 9.89. The van der Waals surface area contributed by atoms with Crippen molar-refractivity contribution < 1.29 is 0 Å². The summed E-state index contributed by atoms with van der Waals surface area (Å²) in [6, 6.07) is 2.86. The number of H-pyrrole nitrogens is 1. The van der Waals surface area contributed by atoms with Gasteiger partial charge in [0.2, 0.25) is 0 Å². The highest BCUT2D eigenvalue weighted by Crippen LogP contribution is 2.31. The first-order valence-electron chi connectivity index (χ1n) is 7.72. The maximum Gasteiger partial charge on any atom is 0.0656 e. The Hall–Kier alpha value is -0.830. The molecule has 0 radical (unpaired) electrons. The first kappa shape index (κ1) is 12.2. The summed E-state index contributed by atoms with van der Waals surface area (Å²) in [5.41, 5.74) is 2.63. The number of aromatic nitrogens is 2. The number of nitrogens with one attached hydrogen (secondary N) is 2. The predicted molar refractivity (Wildman–Crippen MR) is 73.6 cm³/mol. The van der Waals surface area contributed by atoms with Gasteiger partial charge in [0.05, 0.1) is 11.4 Å². The largest absolute Gasteiger partial charge is 0.309 e. The zero-order valence-corrected chi connectivity index (χ0v) is 11.3. The number of hydrogen-bond donors (Lipinski definition) is 2. The van der Waals surface area contributed by atoms with Crippen LogP contribution in [0.25, 0.3) is 0 Å². The van der Waals surface area contributed by atoms with E-state index in [-0.39, 0.29) is 0 Å². The molecule has 0 aromatic carbocycles. The maximum absolute atomic E-state index is 4.59. The van der Waals surface area contributed by atoms with Gasteiger partial charge in [-0.3, -0.25) is 5.10 Å². The van der Waals surface area contributed by atoms with Crippen LogP contribution >= 0.6 is 0 Å². The molecule has 1 atom stereocenters. The summed E-state index contributed by atoms with van der Waals surface area (Å²) in [4.78, 5) is 0. The van der Waals surface area contributed by atoms with E-state index in [1.165, 1.54) is 69.2 Å². The molecule has 18 heavy (non-hydrogen) atoms. The second-order valence-corrected chi connectivity index (χ2v) is 5.94. The molecule has 1 aliphatic carbocycles. The van der Waals surface area contributed by atoms with Crippen LogP contribution in [0.2, 0.25) is 0 Å². The fraction of sp³-hybridized carbons (Fsp3) is 0.800. The Bertz CT molecular complexity index is 358. The van der Waals surface area contributed by atoms with E-state index in [2.05, 4.69) is 21.6 Å². The van der Waals surface area contributed by atoms with Crippen LogP contribution in [0.1, 0.15) is 81.1 Å². The molecule has 100 valence electrons. The van der Waals surface area contributed by atoms with E-state index in [4.69, 9.17) is 0 Å². The molecule has 1 aliphatic heterocycles. The van der Waals surface area contributed by atoms with Crippen LogP contribution in [0.15, 0.2) is 6.07 Å². The zero-order chi connectivity index (χ0) is 12.2. The molecule has 2 aliphatic rings. The van der Waals surface area contributed by atoms with E-state index in [1.807, 2.05) is 0 Å². The highest BCUT2D eigenvalue weighted by molar-refractivity contribution is 5.17. The van der Waals surface area contributed by atoms with Crippen molar-refractivity contribution in [2.24, 2.45) is 0 Å². The smallest absolute Gasteiger partial charge is 0.0656 e. The van der Waals surface area contributed by atoms with Crippen LogP contribution in [0.5, 0.6) is 0 Å². The summed E-state index contributed by atoms with van der Waals surface area (Å²) in [6.07, 6.45) is 12.3. The molecule has 1 aromatic heterocycles. The molecule has 1 saturated heterocycles. The third-order valence-electron chi connectivity index (χ3n) is 4.58. The lowest BCUT2D eigenvalue weighted by Crippen LogP contribution is -2.13. The van der Waals surface area contributed by atoms with Crippen molar-refractivity contribution in [1.82, 2.24) is 15.5 Å². The average molecular weight is 247 g/mol. The van der Waals surface area contributed by atoms with Crippen LogP contribution in [-0.2, 0) is 0 Å². The Labute approximate surface area is 110 Å². The second kappa shape index (κ2) is 5.87.